The van der Waals surface area contributed by atoms with Crippen LogP contribution in [0.5, 0.6) is 5.75 Å². The number of carbonyl (C=O) groups is 1. The van der Waals surface area contributed by atoms with E-state index in [2.05, 4.69) is 22.4 Å². The number of hydrogen-bond acceptors (Lipinski definition) is 5. The van der Waals surface area contributed by atoms with Gasteiger partial charge in [0, 0.05) is 6.42 Å². The molecule has 0 aliphatic carbocycles. The molecule has 0 aliphatic rings. The summed E-state index contributed by atoms with van der Waals surface area (Å²) in [4.78, 5) is 11.8. The smallest absolute Gasteiger partial charge is 0.264 e. The lowest BCUT2D eigenvalue weighted by Crippen LogP contribution is -2.20. The maximum Gasteiger partial charge on any atom is 0.264 e. The van der Waals surface area contributed by atoms with Crippen LogP contribution in [0.1, 0.15) is 24.8 Å². The molecule has 1 amide bonds. The maximum absolute atomic E-state index is 12.9. The molecule has 1 aromatic carbocycles. The van der Waals surface area contributed by atoms with E-state index in [1.807, 2.05) is 0 Å². The molecular weight excluding hydrogens is 329 g/mol. The minimum Gasteiger partial charge on any atom is -0.482 e. The Labute approximate surface area is 136 Å². The summed E-state index contributed by atoms with van der Waals surface area (Å²) in [6.45, 7) is 1.86. The summed E-state index contributed by atoms with van der Waals surface area (Å²) in [5, 5.41) is 11.9. The number of rotatable bonds is 7. The molecule has 0 saturated carbocycles. The fourth-order valence-electron chi connectivity index (χ4n) is 1.62. The minimum absolute atomic E-state index is 0.116. The summed E-state index contributed by atoms with van der Waals surface area (Å²) in [5.74, 6) is -0.590. The molecule has 0 bridgehead atoms. The quantitative estimate of drug-likeness (QED) is 0.832. The topological polar surface area (TPSA) is 64.1 Å². The Bertz CT molecular complexity index is 651. The van der Waals surface area contributed by atoms with Crippen molar-refractivity contribution in [3.05, 3.63) is 34.0 Å². The van der Waals surface area contributed by atoms with E-state index in [1.165, 1.54) is 23.5 Å². The molecule has 8 heteroatoms. The number of aryl methyl sites for hydroxylation is 1. The number of benzene rings is 1. The van der Waals surface area contributed by atoms with Crippen LogP contribution in [-0.2, 0) is 11.2 Å². The Kier molecular flexibility index (Phi) is 6.09. The molecule has 0 fully saturated rings. The predicted molar refractivity (Wildman–Crippen MR) is 84.1 cm³/mol. The lowest BCUT2D eigenvalue weighted by molar-refractivity contribution is -0.118. The Balaban J connectivity index is 1.83. The van der Waals surface area contributed by atoms with Crippen molar-refractivity contribution >= 4 is 34.0 Å². The molecule has 5 nitrogen and oxygen atoms in total. The third-order valence-electron chi connectivity index (χ3n) is 2.71. The molecule has 0 aliphatic heterocycles. The second-order valence-corrected chi connectivity index (χ2v) is 5.99. The first-order chi connectivity index (χ1) is 10.6. The Morgan fingerprint density at radius 2 is 2.27 bits per heavy atom. The van der Waals surface area contributed by atoms with Crippen LogP contribution in [0.3, 0.4) is 0 Å². The van der Waals surface area contributed by atoms with Crippen LogP contribution in [0.25, 0.3) is 0 Å². The van der Waals surface area contributed by atoms with Gasteiger partial charge in [-0.25, -0.2) is 4.39 Å². The second-order valence-electron chi connectivity index (χ2n) is 4.52. The molecule has 2 aromatic rings. The van der Waals surface area contributed by atoms with Crippen molar-refractivity contribution in [3.63, 3.8) is 0 Å². The number of nitrogens with one attached hydrogen (secondary N) is 1. The summed E-state index contributed by atoms with van der Waals surface area (Å²) >= 11 is 7.15. The fourth-order valence-corrected chi connectivity index (χ4v) is 2.64. The first-order valence-corrected chi connectivity index (χ1v) is 7.98. The van der Waals surface area contributed by atoms with Gasteiger partial charge in [0.25, 0.3) is 5.91 Å². The van der Waals surface area contributed by atoms with Crippen LogP contribution in [-0.4, -0.2) is 22.7 Å². The molecule has 0 spiro atoms. The van der Waals surface area contributed by atoms with Crippen LogP contribution in [0.15, 0.2) is 18.2 Å². The van der Waals surface area contributed by atoms with Gasteiger partial charge in [0.2, 0.25) is 5.13 Å². The molecule has 0 saturated heterocycles. The summed E-state index contributed by atoms with van der Waals surface area (Å²) in [6.07, 6.45) is 2.97. The maximum atomic E-state index is 12.9. The van der Waals surface area contributed by atoms with E-state index >= 15 is 0 Å². The number of halogens is 2. The van der Waals surface area contributed by atoms with Gasteiger partial charge in [-0.05, 0) is 24.6 Å². The Hall–Kier alpha value is -1.73. The van der Waals surface area contributed by atoms with Gasteiger partial charge >= 0.3 is 0 Å². The van der Waals surface area contributed by atoms with Gasteiger partial charge in [0.05, 0.1) is 5.02 Å². The number of unbranched alkanes of at least 4 members (excludes halogenated alkanes) is 1. The summed E-state index contributed by atoms with van der Waals surface area (Å²) in [5.41, 5.74) is 0. The highest BCUT2D eigenvalue weighted by Gasteiger charge is 2.10. The lowest BCUT2D eigenvalue weighted by atomic mass is 10.3. The standard InChI is InChI=1S/C14H15ClFN3O2S/c1-2-3-4-13-18-19-14(22-13)17-12(20)8-21-11-6-5-9(16)7-10(11)15/h5-7H,2-4,8H2,1H3,(H,17,19,20). The average Bonchev–Trinajstić information content (AvgIpc) is 2.91. The first kappa shape index (κ1) is 16.6. The number of nitrogens with zero attached hydrogens (tertiary/aromatic N) is 2. The predicted octanol–water partition coefficient (Wildman–Crippen LogP) is 3.69. The first-order valence-electron chi connectivity index (χ1n) is 6.78. The van der Waals surface area contributed by atoms with Crippen molar-refractivity contribution in [2.75, 3.05) is 11.9 Å². The Morgan fingerprint density at radius 1 is 1.45 bits per heavy atom. The number of hydrogen-bond donors (Lipinski definition) is 1. The van der Waals surface area contributed by atoms with Crippen LogP contribution < -0.4 is 10.1 Å². The molecule has 1 N–H and O–H groups in total. The minimum atomic E-state index is -0.463. The fraction of sp³-hybridized carbons (Fsp3) is 0.357. The van der Waals surface area contributed by atoms with E-state index in [-0.39, 0.29) is 23.3 Å². The van der Waals surface area contributed by atoms with E-state index in [9.17, 15) is 9.18 Å². The van der Waals surface area contributed by atoms with Gasteiger partial charge in [0.1, 0.15) is 16.6 Å². The molecule has 2 rings (SSSR count). The Morgan fingerprint density at radius 3 is 3.00 bits per heavy atom. The SMILES string of the molecule is CCCCc1nnc(NC(=O)COc2ccc(F)cc2Cl)s1. The molecule has 1 heterocycles. The number of anilines is 1. The van der Waals surface area contributed by atoms with E-state index in [1.54, 1.807) is 0 Å². The van der Waals surface area contributed by atoms with Crippen molar-refractivity contribution < 1.29 is 13.9 Å². The van der Waals surface area contributed by atoms with Crippen LogP contribution in [0.2, 0.25) is 5.02 Å². The van der Waals surface area contributed by atoms with E-state index in [4.69, 9.17) is 16.3 Å². The lowest BCUT2D eigenvalue weighted by Gasteiger charge is -2.07. The van der Waals surface area contributed by atoms with Crippen molar-refractivity contribution in [3.8, 4) is 5.75 Å². The third-order valence-corrected chi connectivity index (χ3v) is 3.90. The molecule has 0 atom stereocenters. The van der Waals surface area contributed by atoms with E-state index in [0.717, 1.165) is 30.3 Å². The highest BCUT2D eigenvalue weighted by molar-refractivity contribution is 7.15. The number of amides is 1. The van der Waals surface area contributed by atoms with E-state index in [0.29, 0.717) is 5.13 Å². The number of ether oxygens (including phenoxy) is 1. The van der Waals surface area contributed by atoms with Crippen LogP contribution in [0, 0.1) is 5.82 Å². The van der Waals surface area contributed by atoms with E-state index < -0.39 is 5.82 Å². The zero-order valence-electron chi connectivity index (χ0n) is 11.9. The molecule has 1 aromatic heterocycles. The van der Waals surface area contributed by atoms with Crippen molar-refractivity contribution in [1.29, 1.82) is 0 Å². The van der Waals surface area contributed by atoms with Crippen LogP contribution in [0.4, 0.5) is 9.52 Å². The third kappa shape index (κ3) is 4.92. The molecule has 0 radical (unpaired) electrons. The van der Waals surface area contributed by atoms with Gasteiger partial charge in [-0.3, -0.25) is 10.1 Å². The highest BCUT2D eigenvalue weighted by Crippen LogP contribution is 2.24. The molecule has 0 unspecified atom stereocenters. The second kappa shape index (κ2) is 8.05. The van der Waals surface area contributed by atoms with Gasteiger partial charge in [0.15, 0.2) is 6.61 Å². The largest absolute Gasteiger partial charge is 0.482 e. The average molecular weight is 344 g/mol. The number of aromatic nitrogens is 2. The van der Waals surface area contributed by atoms with Gasteiger partial charge in [-0.1, -0.05) is 36.3 Å². The van der Waals surface area contributed by atoms with Crippen molar-refractivity contribution in [2.24, 2.45) is 0 Å². The monoisotopic (exact) mass is 343 g/mol. The number of carbonyl (C=O) groups excluding carboxylic acids is 1. The summed E-state index contributed by atoms with van der Waals surface area (Å²) < 4.78 is 18.1. The highest BCUT2D eigenvalue weighted by atomic mass is 35.5. The van der Waals surface area contributed by atoms with Crippen molar-refractivity contribution in [1.82, 2.24) is 10.2 Å². The molecule has 118 valence electrons. The zero-order valence-corrected chi connectivity index (χ0v) is 13.5. The van der Waals surface area contributed by atoms with Crippen molar-refractivity contribution in [2.45, 2.75) is 26.2 Å². The normalized spacial score (nSPS) is 10.5. The van der Waals surface area contributed by atoms with Gasteiger partial charge in [-0.2, -0.15) is 0 Å². The summed E-state index contributed by atoms with van der Waals surface area (Å²) in [6, 6.07) is 3.71. The zero-order chi connectivity index (χ0) is 15.9. The summed E-state index contributed by atoms with van der Waals surface area (Å²) in [7, 11) is 0. The molecule has 22 heavy (non-hydrogen) atoms. The van der Waals surface area contributed by atoms with Gasteiger partial charge in [-0.15, -0.1) is 10.2 Å². The van der Waals surface area contributed by atoms with Gasteiger partial charge < -0.3 is 4.74 Å². The van der Waals surface area contributed by atoms with Crippen LogP contribution >= 0.6 is 22.9 Å². The molecular formula is C14H15ClFN3O2S.